The van der Waals surface area contributed by atoms with Crippen molar-refractivity contribution in [1.82, 2.24) is 0 Å². The van der Waals surface area contributed by atoms with Crippen molar-refractivity contribution in [2.75, 3.05) is 0 Å². The van der Waals surface area contributed by atoms with Gasteiger partial charge in [-0.2, -0.15) is 0 Å². The predicted octanol–water partition coefficient (Wildman–Crippen LogP) is 4.57. The first-order chi connectivity index (χ1) is 7.18. The minimum atomic E-state index is 0.347. The Labute approximate surface area is 97.6 Å². The van der Waals surface area contributed by atoms with Crippen LogP contribution < -0.4 is 0 Å². The smallest absolute Gasteiger partial charge is 0.0404 e. The minimum absolute atomic E-state index is 0.347. The average Bonchev–Trinajstić information content (AvgIpc) is 2.20. The Morgan fingerprint density at radius 1 is 1.13 bits per heavy atom. The molecule has 15 heavy (non-hydrogen) atoms. The third kappa shape index (κ3) is 2.36. The van der Waals surface area contributed by atoms with Gasteiger partial charge in [0, 0.05) is 11.3 Å². The van der Waals surface area contributed by atoms with Gasteiger partial charge in [-0.3, -0.25) is 0 Å². The fourth-order valence-electron chi connectivity index (χ4n) is 2.68. The van der Waals surface area contributed by atoms with E-state index in [1.54, 1.807) is 0 Å². The van der Waals surface area contributed by atoms with E-state index in [1.807, 2.05) is 0 Å². The molecule has 0 saturated heterocycles. The normalized spacial score (nSPS) is 26.6. The summed E-state index contributed by atoms with van der Waals surface area (Å²) in [6, 6.07) is 6.75. The predicted molar refractivity (Wildman–Crippen MR) is 66.8 cm³/mol. The zero-order chi connectivity index (χ0) is 10.8. The second-order valence-corrected chi connectivity index (χ2v) is 5.33. The molecule has 82 valence electrons. The third-order valence-electron chi connectivity index (χ3n) is 3.51. The van der Waals surface area contributed by atoms with Crippen LogP contribution in [0.3, 0.4) is 0 Å². The van der Waals surface area contributed by atoms with Gasteiger partial charge in [0.2, 0.25) is 0 Å². The van der Waals surface area contributed by atoms with Crippen molar-refractivity contribution in [2.24, 2.45) is 0 Å². The van der Waals surface area contributed by atoms with Crippen LogP contribution in [0.25, 0.3) is 0 Å². The maximum Gasteiger partial charge on any atom is 0.0404 e. The van der Waals surface area contributed by atoms with Gasteiger partial charge in [-0.25, -0.2) is 0 Å². The second kappa shape index (κ2) is 4.57. The third-order valence-corrected chi connectivity index (χ3v) is 4.03. The number of hydrogen-bond donors (Lipinski definition) is 0. The highest BCUT2D eigenvalue weighted by atomic mass is 35.5. The highest BCUT2D eigenvalue weighted by molar-refractivity contribution is 6.21. The first-order valence-corrected chi connectivity index (χ1v) is 6.33. The monoisotopic (exact) mass is 222 g/mol. The Bertz CT molecular complexity index is 343. The highest BCUT2D eigenvalue weighted by Gasteiger charge is 2.25. The van der Waals surface area contributed by atoms with Crippen molar-refractivity contribution in [2.45, 2.75) is 50.8 Å². The Hall–Kier alpha value is -0.490. The second-order valence-electron chi connectivity index (χ2n) is 4.77. The summed E-state index contributed by atoms with van der Waals surface area (Å²) < 4.78 is 0. The zero-order valence-electron chi connectivity index (χ0n) is 9.59. The number of benzene rings is 1. The molecule has 0 radical (unpaired) electrons. The summed E-state index contributed by atoms with van der Waals surface area (Å²) in [5.41, 5.74) is 4.23. The van der Waals surface area contributed by atoms with E-state index in [9.17, 15) is 0 Å². The molecule has 0 nitrogen and oxygen atoms in total. The fraction of sp³-hybridized carbons (Fsp3) is 0.571. The summed E-state index contributed by atoms with van der Waals surface area (Å²) >= 11 is 6.43. The van der Waals surface area contributed by atoms with Gasteiger partial charge in [0.1, 0.15) is 0 Å². The number of alkyl halides is 1. The summed E-state index contributed by atoms with van der Waals surface area (Å²) in [5, 5.41) is 0.347. The fourth-order valence-corrected chi connectivity index (χ4v) is 3.09. The Morgan fingerprint density at radius 3 is 2.53 bits per heavy atom. The zero-order valence-corrected chi connectivity index (χ0v) is 10.3. The van der Waals surface area contributed by atoms with Crippen LogP contribution in [0, 0.1) is 13.8 Å². The molecule has 1 saturated carbocycles. The Balaban J connectivity index is 2.27. The first kappa shape index (κ1) is 11.0. The van der Waals surface area contributed by atoms with E-state index in [-0.39, 0.29) is 0 Å². The molecule has 0 spiro atoms. The molecule has 1 fully saturated rings. The largest absolute Gasteiger partial charge is 0.122 e. The number of hydrogen-bond acceptors (Lipinski definition) is 0. The molecule has 1 aromatic rings. The number of rotatable bonds is 1. The summed E-state index contributed by atoms with van der Waals surface area (Å²) in [6.45, 7) is 4.36. The molecule has 1 aliphatic carbocycles. The van der Waals surface area contributed by atoms with Gasteiger partial charge in [0.05, 0.1) is 0 Å². The molecule has 1 heteroatoms. The van der Waals surface area contributed by atoms with Crippen LogP contribution in [0.1, 0.15) is 48.3 Å². The molecule has 0 aromatic heterocycles. The number of aryl methyl sites for hydroxylation is 2. The van der Waals surface area contributed by atoms with Gasteiger partial charge in [-0.05, 0) is 37.8 Å². The van der Waals surface area contributed by atoms with Crippen LogP contribution in [0.2, 0.25) is 0 Å². The van der Waals surface area contributed by atoms with Crippen molar-refractivity contribution in [3.05, 3.63) is 34.9 Å². The van der Waals surface area contributed by atoms with Crippen LogP contribution in [0.15, 0.2) is 18.2 Å². The molecule has 0 aliphatic heterocycles. The quantitative estimate of drug-likeness (QED) is 0.611. The van der Waals surface area contributed by atoms with Gasteiger partial charge < -0.3 is 0 Å². The lowest BCUT2D eigenvalue weighted by atomic mass is 9.81. The van der Waals surface area contributed by atoms with Crippen molar-refractivity contribution < 1.29 is 0 Å². The Kier molecular flexibility index (Phi) is 3.35. The van der Waals surface area contributed by atoms with E-state index in [1.165, 1.54) is 42.4 Å². The van der Waals surface area contributed by atoms with Crippen LogP contribution in [0.5, 0.6) is 0 Å². The van der Waals surface area contributed by atoms with Crippen LogP contribution >= 0.6 is 11.6 Å². The first-order valence-electron chi connectivity index (χ1n) is 5.89. The lowest BCUT2D eigenvalue weighted by Crippen LogP contribution is -2.18. The van der Waals surface area contributed by atoms with Gasteiger partial charge in [0.15, 0.2) is 0 Å². The molecule has 1 aromatic carbocycles. The summed E-state index contributed by atoms with van der Waals surface area (Å²) in [4.78, 5) is 0. The van der Waals surface area contributed by atoms with Crippen molar-refractivity contribution in [1.29, 1.82) is 0 Å². The molecule has 2 rings (SSSR count). The van der Waals surface area contributed by atoms with E-state index >= 15 is 0 Å². The summed E-state index contributed by atoms with van der Waals surface area (Å²) in [5.74, 6) is 0.584. The molecule has 0 N–H and O–H groups in total. The van der Waals surface area contributed by atoms with E-state index in [4.69, 9.17) is 11.6 Å². The van der Waals surface area contributed by atoms with Gasteiger partial charge in [-0.1, -0.05) is 36.6 Å². The van der Waals surface area contributed by atoms with E-state index in [0.717, 1.165) is 0 Å². The number of halogens is 1. The molecular formula is C14H19Cl. The molecule has 0 amide bonds. The van der Waals surface area contributed by atoms with Gasteiger partial charge >= 0.3 is 0 Å². The van der Waals surface area contributed by atoms with E-state index in [2.05, 4.69) is 32.0 Å². The lowest BCUT2D eigenvalue weighted by molar-refractivity contribution is 0.449. The van der Waals surface area contributed by atoms with Crippen molar-refractivity contribution >= 4 is 11.6 Å². The van der Waals surface area contributed by atoms with Gasteiger partial charge in [0.25, 0.3) is 0 Å². The van der Waals surface area contributed by atoms with Crippen LogP contribution in [-0.2, 0) is 0 Å². The van der Waals surface area contributed by atoms with E-state index in [0.29, 0.717) is 11.3 Å². The summed E-state index contributed by atoms with van der Waals surface area (Å²) in [7, 11) is 0. The lowest BCUT2D eigenvalue weighted by Gasteiger charge is -2.28. The molecule has 0 heterocycles. The standard InChI is InChI=1S/C14H19Cl/c1-10-7-8-12(11(2)9-10)13-5-3-4-6-14(13)15/h7-9,13-14H,3-6H2,1-2H3. The molecule has 0 bridgehead atoms. The Morgan fingerprint density at radius 2 is 1.87 bits per heavy atom. The van der Waals surface area contributed by atoms with Gasteiger partial charge in [-0.15, -0.1) is 11.6 Å². The van der Waals surface area contributed by atoms with Crippen LogP contribution in [-0.4, -0.2) is 5.38 Å². The van der Waals surface area contributed by atoms with Crippen LogP contribution in [0.4, 0.5) is 0 Å². The average molecular weight is 223 g/mol. The topological polar surface area (TPSA) is 0 Å². The van der Waals surface area contributed by atoms with E-state index < -0.39 is 0 Å². The molecule has 2 atom stereocenters. The highest BCUT2D eigenvalue weighted by Crippen LogP contribution is 2.37. The summed E-state index contributed by atoms with van der Waals surface area (Å²) in [6.07, 6.45) is 5.08. The molecule has 1 aliphatic rings. The van der Waals surface area contributed by atoms with Crippen molar-refractivity contribution in [3.8, 4) is 0 Å². The SMILES string of the molecule is Cc1ccc(C2CCCCC2Cl)c(C)c1. The maximum atomic E-state index is 6.43. The minimum Gasteiger partial charge on any atom is -0.122 e. The van der Waals surface area contributed by atoms with Crippen molar-refractivity contribution in [3.63, 3.8) is 0 Å². The molecule has 2 unspecified atom stereocenters. The molecular weight excluding hydrogens is 204 g/mol. The maximum absolute atomic E-state index is 6.43.